The van der Waals surface area contributed by atoms with Crippen molar-refractivity contribution in [2.45, 2.75) is 44.7 Å². The van der Waals surface area contributed by atoms with Crippen LogP contribution in [0, 0.1) is 0 Å². The Kier molecular flexibility index (Phi) is 4.70. The molecule has 1 unspecified atom stereocenters. The third-order valence-corrected chi connectivity index (χ3v) is 3.42. The lowest BCUT2D eigenvalue weighted by Gasteiger charge is -2.15. The number of nitrogens with zero attached hydrogens (tertiary/aromatic N) is 1. The van der Waals surface area contributed by atoms with Gasteiger partial charge in [-0.25, -0.2) is 0 Å². The van der Waals surface area contributed by atoms with E-state index in [9.17, 15) is 4.79 Å². The molecule has 0 radical (unpaired) electrons. The first-order chi connectivity index (χ1) is 8.75. The number of carbonyl (C=O) groups excluding carboxylic acids is 1. The fourth-order valence-corrected chi connectivity index (χ4v) is 2.33. The van der Waals surface area contributed by atoms with Crippen LogP contribution in [0.5, 0.6) is 0 Å². The van der Waals surface area contributed by atoms with Crippen molar-refractivity contribution in [1.82, 2.24) is 15.6 Å². The monoisotopic (exact) mass is 247 g/mol. The average molecular weight is 247 g/mol. The number of hydrogen-bond acceptors (Lipinski definition) is 3. The molecule has 1 aromatic rings. The topological polar surface area (TPSA) is 54.0 Å². The lowest BCUT2D eigenvalue weighted by Crippen LogP contribution is -2.39. The molecule has 2 N–H and O–H groups in total. The van der Waals surface area contributed by atoms with Gasteiger partial charge < -0.3 is 10.6 Å². The summed E-state index contributed by atoms with van der Waals surface area (Å²) in [5.41, 5.74) is 0.964. The molecule has 1 heterocycles. The highest BCUT2D eigenvalue weighted by atomic mass is 16.1. The van der Waals surface area contributed by atoms with Gasteiger partial charge in [-0.1, -0.05) is 18.9 Å². The van der Waals surface area contributed by atoms with Gasteiger partial charge in [0.05, 0.1) is 12.2 Å². The summed E-state index contributed by atoms with van der Waals surface area (Å²) in [4.78, 5) is 16.0. The molecule has 1 aromatic heterocycles. The lowest BCUT2D eigenvalue weighted by molar-refractivity contribution is -0.121. The van der Waals surface area contributed by atoms with Gasteiger partial charge in [0.2, 0.25) is 5.91 Å². The highest BCUT2D eigenvalue weighted by molar-refractivity contribution is 5.78. The Bertz CT molecular complexity index is 374. The molecule has 18 heavy (non-hydrogen) atoms. The minimum atomic E-state index is 0.0877. The van der Waals surface area contributed by atoms with E-state index in [2.05, 4.69) is 15.6 Å². The predicted molar refractivity (Wildman–Crippen MR) is 71.1 cm³/mol. The van der Waals surface area contributed by atoms with Gasteiger partial charge in [-0.2, -0.15) is 0 Å². The van der Waals surface area contributed by atoms with Crippen molar-refractivity contribution in [2.24, 2.45) is 0 Å². The van der Waals surface area contributed by atoms with E-state index in [-0.39, 0.29) is 11.9 Å². The number of rotatable bonds is 5. The molecule has 2 rings (SSSR count). The third-order valence-electron chi connectivity index (χ3n) is 3.42. The van der Waals surface area contributed by atoms with Gasteiger partial charge in [0.1, 0.15) is 0 Å². The normalized spacial score (nSPS) is 17.6. The highest BCUT2D eigenvalue weighted by Crippen LogP contribution is 2.17. The second-order valence-corrected chi connectivity index (χ2v) is 4.91. The number of hydrogen-bond donors (Lipinski definition) is 2. The van der Waals surface area contributed by atoms with E-state index in [1.54, 1.807) is 6.20 Å². The first kappa shape index (κ1) is 13.0. The molecule has 0 aromatic carbocycles. The average Bonchev–Trinajstić information content (AvgIpc) is 2.90. The van der Waals surface area contributed by atoms with E-state index in [4.69, 9.17) is 0 Å². The smallest absolute Gasteiger partial charge is 0.234 e. The maximum Gasteiger partial charge on any atom is 0.234 e. The second kappa shape index (κ2) is 6.50. The predicted octanol–water partition coefficient (Wildman–Crippen LogP) is 1.79. The van der Waals surface area contributed by atoms with Gasteiger partial charge in [-0.3, -0.25) is 9.78 Å². The van der Waals surface area contributed by atoms with Gasteiger partial charge >= 0.3 is 0 Å². The van der Waals surface area contributed by atoms with E-state index >= 15 is 0 Å². The molecule has 0 saturated heterocycles. The summed E-state index contributed by atoms with van der Waals surface area (Å²) in [5, 5.41) is 6.26. The number of aromatic nitrogens is 1. The molecule has 1 fully saturated rings. The minimum absolute atomic E-state index is 0.0877. The van der Waals surface area contributed by atoms with E-state index in [0.717, 1.165) is 18.5 Å². The van der Waals surface area contributed by atoms with Crippen molar-refractivity contribution in [3.8, 4) is 0 Å². The van der Waals surface area contributed by atoms with Crippen molar-refractivity contribution < 1.29 is 4.79 Å². The second-order valence-electron chi connectivity index (χ2n) is 4.91. The largest absolute Gasteiger partial charge is 0.352 e. The van der Waals surface area contributed by atoms with E-state index in [1.165, 1.54) is 12.8 Å². The third kappa shape index (κ3) is 3.81. The molecule has 4 nitrogen and oxygen atoms in total. The molecule has 0 aliphatic heterocycles. The molecular formula is C14H21N3O. The molecule has 0 spiro atoms. The molecule has 1 saturated carbocycles. The Balaban J connectivity index is 1.72. The minimum Gasteiger partial charge on any atom is -0.352 e. The van der Waals surface area contributed by atoms with Crippen LogP contribution in [0.2, 0.25) is 0 Å². The Morgan fingerprint density at radius 3 is 2.89 bits per heavy atom. The highest BCUT2D eigenvalue weighted by Gasteiger charge is 2.17. The molecule has 98 valence electrons. The van der Waals surface area contributed by atoms with Crippen LogP contribution in [0.25, 0.3) is 0 Å². The summed E-state index contributed by atoms with van der Waals surface area (Å²) in [5.74, 6) is 0.0877. The summed E-state index contributed by atoms with van der Waals surface area (Å²) >= 11 is 0. The van der Waals surface area contributed by atoms with Crippen molar-refractivity contribution in [3.63, 3.8) is 0 Å². The molecule has 0 bridgehead atoms. The fourth-order valence-electron chi connectivity index (χ4n) is 2.33. The van der Waals surface area contributed by atoms with Crippen LogP contribution in [0.1, 0.15) is 44.3 Å². The first-order valence-electron chi connectivity index (χ1n) is 6.69. The van der Waals surface area contributed by atoms with Gasteiger partial charge in [-0.05, 0) is 31.9 Å². The van der Waals surface area contributed by atoms with Crippen molar-refractivity contribution >= 4 is 5.91 Å². The zero-order valence-electron chi connectivity index (χ0n) is 10.9. The van der Waals surface area contributed by atoms with Crippen molar-refractivity contribution in [3.05, 3.63) is 30.1 Å². The summed E-state index contributed by atoms with van der Waals surface area (Å²) in [7, 11) is 0. The van der Waals surface area contributed by atoms with Crippen LogP contribution in [0.4, 0.5) is 0 Å². The van der Waals surface area contributed by atoms with E-state index in [1.807, 2.05) is 25.1 Å². The van der Waals surface area contributed by atoms with Crippen LogP contribution >= 0.6 is 0 Å². The van der Waals surface area contributed by atoms with Crippen LogP contribution in [0.3, 0.4) is 0 Å². The van der Waals surface area contributed by atoms with Crippen molar-refractivity contribution in [1.29, 1.82) is 0 Å². The summed E-state index contributed by atoms with van der Waals surface area (Å²) in [6.45, 7) is 2.37. The number of carbonyl (C=O) groups is 1. The van der Waals surface area contributed by atoms with Gasteiger partial charge in [0.15, 0.2) is 0 Å². The SMILES string of the molecule is CC(NCC(=O)NC1CCCC1)c1ccccn1. The zero-order valence-corrected chi connectivity index (χ0v) is 10.9. The summed E-state index contributed by atoms with van der Waals surface area (Å²) in [6.07, 6.45) is 6.50. The van der Waals surface area contributed by atoms with Gasteiger partial charge in [-0.15, -0.1) is 0 Å². The maximum atomic E-state index is 11.7. The zero-order chi connectivity index (χ0) is 12.8. The standard InChI is InChI=1S/C14H21N3O/c1-11(13-8-4-5-9-15-13)16-10-14(18)17-12-6-2-3-7-12/h4-5,8-9,11-12,16H,2-3,6-7,10H2,1H3,(H,17,18). The number of nitrogens with one attached hydrogen (secondary N) is 2. The Morgan fingerprint density at radius 1 is 1.44 bits per heavy atom. The number of pyridine rings is 1. The lowest BCUT2D eigenvalue weighted by atomic mass is 10.2. The Morgan fingerprint density at radius 2 is 2.22 bits per heavy atom. The van der Waals surface area contributed by atoms with Crippen LogP contribution in [0.15, 0.2) is 24.4 Å². The van der Waals surface area contributed by atoms with Crippen LogP contribution < -0.4 is 10.6 Å². The quantitative estimate of drug-likeness (QED) is 0.834. The molecule has 1 aliphatic carbocycles. The Hall–Kier alpha value is -1.42. The van der Waals surface area contributed by atoms with Gasteiger partial charge in [0, 0.05) is 18.3 Å². The fraction of sp³-hybridized carbons (Fsp3) is 0.571. The number of amides is 1. The van der Waals surface area contributed by atoms with Crippen molar-refractivity contribution in [2.75, 3.05) is 6.54 Å². The van der Waals surface area contributed by atoms with E-state index in [0.29, 0.717) is 12.6 Å². The first-order valence-corrected chi connectivity index (χ1v) is 6.69. The van der Waals surface area contributed by atoms with Crippen LogP contribution in [-0.4, -0.2) is 23.5 Å². The summed E-state index contributed by atoms with van der Waals surface area (Å²) in [6, 6.07) is 6.30. The Labute approximate surface area is 108 Å². The maximum absolute atomic E-state index is 11.7. The molecule has 4 heteroatoms. The van der Waals surface area contributed by atoms with E-state index < -0.39 is 0 Å². The molecule has 1 amide bonds. The molecular weight excluding hydrogens is 226 g/mol. The molecule has 1 aliphatic rings. The van der Waals surface area contributed by atoms with Gasteiger partial charge in [0.25, 0.3) is 0 Å². The van der Waals surface area contributed by atoms with Crippen LogP contribution in [-0.2, 0) is 4.79 Å². The molecule has 1 atom stereocenters. The summed E-state index contributed by atoms with van der Waals surface area (Å²) < 4.78 is 0.